The van der Waals surface area contributed by atoms with E-state index in [0.29, 0.717) is 19.0 Å². The topological polar surface area (TPSA) is 45.2 Å². The predicted octanol–water partition coefficient (Wildman–Crippen LogP) is 1.53. The molecule has 0 aliphatic carbocycles. The van der Waals surface area contributed by atoms with E-state index in [2.05, 4.69) is 10.3 Å². The first-order chi connectivity index (χ1) is 9.29. The second kappa shape index (κ2) is 7.50. The molecule has 2 rings (SSSR count). The van der Waals surface area contributed by atoms with E-state index in [9.17, 15) is 4.79 Å². The van der Waals surface area contributed by atoms with Crippen LogP contribution in [0.15, 0.2) is 24.5 Å². The molecule has 1 aliphatic rings. The Bertz CT molecular complexity index is 393. The van der Waals surface area contributed by atoms with E-state index >= 15 is 0 Å². The monoisotopic (exact) mass is 279 g/mol. The lowest BCUT2D eigenvalue weighted by Crippen LogP contribution is -2.42. The fourth-order valence-corrected chi connectivity index (χ4v) is 3.12. The summed E-state index contributed by atoms with van der Waals surface area (Å²) in [6.45, 7) is 4.47. The Labute approximate surface area is 119 Å². The Morgan fingerprint density at radius 3 is 2.95 bits per heavy atom. The maximum atomic E-state index is 12.3. The molecule has 4 nitrogen and oxygen atoms in total. The van der Waals surface area contributed by atoms with Gasteiger partial charge in [-0.25, -0.2) is 0 Å². The van der Waals surface area contributed by atoms with Gasteiger partial charge in [-0.3, -0.25) is 9.78 Å². The molecule has 1 fully saturated rings. The minimum absolute atomic E-state index is 0.235. The summed E-state index contributed by atoms with van der Waals surface area (Å²) < 4.78 is 0. The molecule has 0 radical (unpaired) electrons. The summed E-state index contributed by atoms with van der Waals surface area (Å²) in [6.07, 6.45) is 4.14. The number of nitrogens with zero attached hydrogens (tertiary/aromatic N) is 2. The number of carbonyl (C=O) groups is 1. The van der Waals surface area contributed by atoms with Crippen molar-refractivity contribution in [1.82, 2.24) is 15.2 Å². The molecule has 1 saturated heterocycles. The number of carbonyl (C=O) groups excluding carboxylic acids is 1. The molecular weight excluding hydrogens is 258 g/mol. The Kier molecular flexibility index (Phi) is 5.66. The Balaban J connectivity index is 1.87. The number of pyridine rings is 1. The van der Waals surface area contributed by atoms with Crippen molar-refractivity contribution in [3.63, 3.8) is 0 Å². The molecule has 1 N–H and O–H groups in total. The van der Waals surface area contributed by atoms with Gasteiger partial charge >= 0.3 is 0 Å². The Hall–Kier alpha value is -1.07. The SMILES string of the molecule is CCN(Cc1ccncc1)C(=O)CC1CSCCN1. The molecule has 104 valence electrons. The van der Waals surface area contributed by atoms with Crippen molar-refractivity contribution in [2.75, 3.05) is 24.6 Å². The van der Waals surface area contributed by atoms with Gasteiger partial charge in [-0.1, -0.05) is 0 Å². The second-order valence-electron chi connectivity index (χ2n) is 4.69. The van der Waals surface area contributed by atoms with Gasteiger partial charge in [0.1, 0.15) is 0 Å². The molecular formula is C14H21N3OS. The Morgan fingerprint density at radius 1 is 1.53 bits per heavy atom. The zero-order valence-corrected chi connectivity index (χ0v) is 12.2. The number of hydrogen-bond donors (Lipinski definition) is 1. The lowest BCUT2D eigenvalue weighted by molar-refractivity contribution is -0.132. The van der Waals surface area contributed by atoms with Gasteiger partial charge in [-0.05, 0) is 24.6 Å². The second-order valence-corrected chi connectivity index (χ2v) is 5.84. The summed E-state index contributed by atoms with van der Waals surface area (Å²) in [5, 5.41) is 3.41. The van der Waals surface area contributed by atoms with Crippen LogP contribution in [0, 0.1) is 0 Å². The van der Waals surface area contributed by atoms with Crippen LogP contribution in [0.4, 0.5) is 0 Å². The number of hydrogen-bond acceptors (Lipinski definition) is 4. The van der Waals surface area contributed by atoms with Crippen LogP contribution in [0.25, 0.3) is 0 Å². The van der Waals surface area contributed by atoms with Crippen molar-refractivity contribution in [3.05, 3.63) is 30.1 Å². The highest BCUT2D eigenvalue weighted by Gasteiger charge is 2.20. The molecule has 1 amide bonds. The first-order valence-electron chi connectivity index (χ1n) is 6.77. The van der Waals surface area contributed by atoms with E-state index in [1.54, 1.807) is 12.4 Å². The minimum Gasteiger partial charge on any atom is -0.339 e. The zero-order chi connectivity index (χ0) is 13.5. The van der Waals surface area contributed by atoms with Crippen LogP contribution in [0.3, 0.4) is 0 Å². The highest BCUT2D eigenvalue weighted by molar-refractivity contribution is 7.99. The van der Waals surface area contributed by atoms with Crippen LogP contribution < -0.4 is 5.32 Å². The molecule has 0 spiro atoms. The molecule has 1 aliphatic heterocycles. The van der Waals surface area contributed by atoms with Crippen molar-refractivity contribution in [1.29, 1.82) is 0 Å². The van der Waals surface area contributed by atoms with Crippen LogP contribution >= 0.6 is 11.8 Å². The highest BCUT2D eigenvalue weighted by atomic mass is 32.2. The average molecular weight is 279 g/mol. The van der Waals surface area contributed by atoms with Crippen LogP contribution in [-0.4, -0.2) is 46.4 Å². The van der Waals surface area contributed by atoms with Gasteiger partial charge in [0.2, 0.25) is 5.91 Å². The van der Waals surface area contributed by atoms with Crippen molar-refractivity contribution in [3.8, 4) is 0 Å². The van der Waals surface area contributed by atoms with Crippen LogP contribution in [0.2, 0.25) is 0 Å². The first kappa shape index (κ1) is 14.3. The van der Waals surface area contributed by atoms with Crippen molar-refractivity contribution in [2.24, 2.45) is 0 Å². The number of nitrogens with one attached hydrogen (secondary N) is 1. The van der Waals surface area contributed by atoms with Crippen molar-refractivity contribution in [2.45, 2.75) is 25.9 Å². The van der Waals surface area contributed by atoms with E-state index in [-0.39, 0.29) is 5.91 Å². The third-order valence-corrected chi connectivity index (χ3v) is 4.41. The average Bonchev–Trinajstić information content (AvgIpc) is 2.47. The normalized spacial score (nSPS) is 19.1. The number of rotatable bonds is 5. The number of amides is 1. The maximum Gasteiger partial charge on any atom is 0.224 e. The first-order valence-corrected chi connectivity index (χ1v) is 7.93. The van der Waals surface area contributed by atoms with Gasteiger partial charge in [0.25, 0.3) is 0 Å². The quantitative estimate of drug-likeness (QED) is 0.888. The summed E-state index contributed by atoms with van der Waals surface area (Å²) in [5.74, 6) is 2.43. The standard InChI is InChI=1S/C14H21N3OS/c1-2-17(10-12-3-5-15-6-4-12)14(18)9-13-11-19-8-7-16-13/h3-6,13,16H,2,7-11H2,1H3. The summed E-state index contributed by atoms with van der Waals surface area (Å²) in [7, 11) is 0. The molecule has 0 bridgehead atoms. The number of aromatic nitrogens is 1. The van der Waals surface area contributed by atoms with Gasteiger partial charge in [0.05, 0.1) is 0 Å². The molecule has 1 aromatic rings. The predicted molar refractivity (Wildman–Crippen MR) is 79.1 cm³/mol. The van der Waals surface area contributed by atoms with E-state index in [0.717, 1.165) is 30.2 Å². The van der Waals surface area contributed by atoms with Gasteiger partial charge < -0.3 is 10.2 Å². The van der Waals surface area contributed by atoms with E-state index in [4.69, 9.17) is 0 Å². The smallest absolute Gasteiger partial charge is 0.224 e. The molecule has 0 aromatic carbocycles. The summed E-state index contributed by atoms with van der Waals surface area (Å²) in [5.41, 5.74) is 1.14. The molecule has 5 heteroatoms. The highest BCUT2D eigenvalue weighted by Crippen LogP contribution is 2.12. The van der Waals surface area contributed by atoms with Crippen LogP contribution in [-0.2, 0) is 11.3 Å². The summed E-state index contributed by atoms with van der Waals surface area (Å²) >= 11 is 1.93. The Morgan fingerprint density at radius 2 is 2.32 bits per heavy atom. The van der Waals surface area contributed by atoms with Crippen LogP contribution in [0.1, 0.15) is 18.9 Å². The van der Waals surface area contributed by atoms with Gasteiger partial charge in [-0.2, -0.15) is 11.8 Å². The molecule has 19 heavy (non-hydrogen) atoms. The third-order valence-electron chi connectivity index (χ3n) is 3.28. The lowest BCUT2D eigenvalue weighted by atomic mass is 10.2. The summed E-state index contributed by atoms with van der Waals surface area (Å²) in [4.78, 5) is 18.2. The fraction of sp³-hybridized carbons (Fsp3) is 0.571. The van der Waals surface area contributed by atoms with Gasteiger partial charge in [0.15, 0.2) is 0 Å². The van der Waals surface area contributed by atoms with E-state index < -0.39 is 0 Å². The van der Waals surface area contributed by atoms with Gasteiger partial charge in [0, 0.05) is 56.0 Å². The summed E-state index contributed by atoms with van der Waals surface area (Å²) in [6, 6.07) is 4.26. The molecule has 1 unspecified atom stereocenters. The molecule has 0 saturated carbocycles. The molecule has 1 aromatic heterocycles. The minimum atomic E-state index is 0.235. The molecule has 2 heterocycles. The fourth-order valence-electron chi connectivity index (χ4n) is 2.18. The lowest BCUT2D eigenvalue weighted by Gasteiger charge is -2.26. The third kappa shape index (κ3) is 4.51. The number of thioether (sulfide) groups is 1. The largest absolute Gasteiger partial charge is 0.339 e. The zero-order valence-electron chi connectivity index (χ0n) is 11.3. The van der Waals surface area contributed by atoms with Crippen molar-refractivity contribution < 1.29 is 4.79 Å². The van der Waals surface area contributed by atoms with Gasteiger partial charge in [-0.15, -0.1) is 0 Å². The van der Waals surface area contributed by atoms with E-state index in [1.165, 1.54) is 0 Å². The van der Waals surface area contributed by atoms with E-state index in [1.807, 2.05) is 35.7 Å². The molecule has 1 atom stereocenters. The maximum absolute atomic E-state index is 12.3. The van der Waals surface area contributed by atoms with Crippen molar-refractivity contribution >= 4 is 17.7 Å². The van der Waals surface area contributed by atoms with Crippen LogP contribution in [0.5, 0.6) is 0 Å².